The second kappa shape index (κ2) is 4.88. The highest BCUT2D eigenvalue weighted by Gasteiger charge is 2.24. The van der Waals surface area contributed by atoms with Crippen molar-refractivity contribution in [1.29, 1.82) is 0 Å². The molecule has 0 aliphatic heterocycles. The Bertz CT molecular complexity index is 329. The molecule has 1 aromatic rings. The van der Waals surface area contributed by atoms with Crippen LogP contribution < -0.4 is 4.74 Å². The summed E-state index contributed by atoms with van der Waals surface area (Å²) in [5.41, 5.74) is 1.33. The smallest absolute Gasteiger partial charge is 0.119 e. The second-order valence-corrected chi connectivity index (χ2v) is 4.93. The van der Waals surface area contributed by atoms with Gasteiger partial charge in [0, 0.05) is 6.42 Å². The third-order valence-electron chi connectivity index (χ3n) is 3.21. The van der Waals surface area contributed by atoms with Crippen LogP contribution in [0.4, 0.5) is 0 Å². The SMILES string of the molecule is CC(C)c1ccc(OC2CCC(O)C2)cc1. The molecular weight excluding hydrogens is 200 g/mol. The molecule has 1 aliphatic rings. The van der Waals surface area contributed by atoms with Crippen LogP contribution in [0.25, 0.3) is 0 Å². The highest BCUT2D eigenvalue weighted by Crippen LogP contribution is 2.25. The Hall–Kier alpha value is -1.02. The van der Waals surface area contributed by atoms with Gasteiger partial charge in [0.2, 0.25) is 0 Å². The topological polar surface area (TPSA) is 29.5 Å². The summed E-state index contributed by atoms with van der Waals surface area (Å²) < 4.78 is 5.82. The van der Waals surface area contributed by atoms with Crippen LogP contribution in [0.5, 0.6) is 5.75 Å². The lowest BCUT2D eigenvalue weighted by Gasteiger charge is -2.14. The predicted octanol–water partition coefficient (Wildman–Crippen LogP) is 3.10. The molecule has 0 aromatic heterocycles. The van der Waals surface area contributed by atoms with E-state index in [1.807, 2.05) is 12.1 Å². The van der Waals surface area contributed by atoms with Crippen molar-refractivity contribution in [2.75, 3.05) is 0 Å². The Balaban J connectivity index is 1.95. The van der Waals surface area contributed by atoms with Crippen LogP contribution in [0.2, 0.25) is 0 Å². The largest absolute Gasteiger partial charge is 0.490 e. The van der Waals surface area contributed by atoms with E-state index in [4.69, 9.17) is 4.74 Å². The molecule has 16 heavy (non-hydrogen) atoms. The van der Waals surface area contributed by atoms with Gasteiger partial charge in [0.1, 0.15) is 11.9 Å². The molecule has 2 rings (SSSR count). The zero-order valence-electron chi connectivity index (χ0n) is 10.0. The van der Waals surface area contributed by atoms with Gasteiger partial charge in [0.05, 0.1) is 6.10 Å². The number of ether oxygens (including phenoxy) is 1. The Morgan fingerprint density at radius 2 is 1.88 bits per heavy atom. The number of rotatable bonds is 3. The fourth-order valence-electron chi connectivity index (χ4n) is 2.15. The van der Waals surface area contributed by atoms with Crippen molar-refractivity contribution < 1.29 is 9.84 Å². The lowest BCUT2D eigenvalue weighted by molar-refractivity contribution is 0.150. The molecule has 1 N–H and O–H groups in total. The number of hydrogen-bond acceptors (Lipinski definition) is 2. The fraction of sp³-hybridized carbons (Fsp3) is 0.571. The van der Waals surface area contributed by atoms with Crippen LogP contribution in [0.1, 0.15) is 44.6 Å². The minimum atomic E-state index is -0.167. The van der Waals surface area contributed by atoms with E-state index in [0.29, 0.717) is 5.92 Å². The van der Waals surface area contributed by atoms with Crippen LogP contribution in [-0.4, -0.2) is 17.3 Å². The van der Waals surface area contributed by atoms with Gasteiger partial charge in [0.15, 0.2) is 0 Å². The van der Waals surface area contributed by atoms with Crippen LogP contribution in [0.15, 0.2) is 24.3 Å². The molecule has 0 bridgehead atoms. The average molecular weight is 220 g/mol. The summed E-state index contributed by atoms with van der Waals surface area (Å²) in [7, 11) is 0. The molecule has 2 heteroatoms. The summed E-state index contributed by atoms with van der Waals surface area (Å²) >= 11 is 0. The van der Waals surface area contributed by atoms with Crippen molar-refractivity contribution in [3.05, 3.63) is 29.8 Å². The normalized spacial score (nSPS) is 25.0. The molecule has 88 valence electrons. The Morgan fingerprint density at radius 3 is 2.38 bits per heavy atom. The molecule has 2 unspecified atom stereocenters. The van der Waals surface area contributed by atoms with E-state index in [0.717, 1.165) is 25.0 Å². The second-order valence-electron chi connectivity index (χ2n) is 4.93. The molecule has 0 saturated heterocycles. The summed E-state index contributed by atoms with van der Waals surface area (Å²) in [6, 6.07) is 8.29. The Morgan fingerprint density at radius 1 is 1.19 bits per heavy atom. The molecule has 1 aromatic carbocycles. The van der Waals surface area contributed by atoms with Crippen molar-refractivity contribution in [2.24, 2.45) is 0 Å². The fourth-order valence-corrected chi connectivity index (χ4v) is 2.15. The van der Waals surface area contributed by atoms with E-state index in [9.17, 15) is 5.11 Å². The van der Waals surface area contributed by atoms with Gasteiger partial charge in [-0.15, -0.1) is 0 Å². The van der Waals surface area contributed by atoms with Crippen molar-refractivity contribution >= 4 is 0 Å². The average Bonchev–Trinajstić information content (AvgIpc) is 2.65. The van der Waals surface area contributed by atoms with Gasteiger partial charge < -0.3 is 9.84 Å². The molecular formula is C14H20O2. The molecule has 1 fully saturated rings. The first-order valence-electron chi connectivity index (χ1n) is 6.10. The third kappa shape index (κ3) is 2.76. The summed E-state index contributed by atoms with van der Waals surface area (Å²) in [6.45, 7) is 4.37. The van der Waals surface area contributed by atoms with E-state index in [1.54, 1.807) is 0 Å². The highest BCUT2D eigenvalue weighted by atomic mass is 16.5. The van der Waals surface area contributed by atoms with Crippen molar-refractivity contribution in [2.45, 2.75) is 51.2 Å². The molecule has 0 spiro atoms. The van der Waals surface area contributed by atoms with Gasteiger partial charge in [-0.1, -0.05) is 26.0 Å². The highest BCUT2D eigenvalue weighted by molar-refractivity contribution is 5.29. The quantitative estimate of drug-likeness (QED) is 0.848. The first-order chi connectivity index (χ1) is 7.65. The Kier molecular flexibility index (Phi) is 3.49. The van der Waals surface area contributed by atoms with Crippen LogP contribution in [-0.2, 0) is 0 Å². The van der Waals surface area contributed by atoms with Crippen molar-refractivity contribution in [3.63, 3.8) is 0 Å². The van der Waals surface area contributed by atoms with Gasteiger partial charge in [0.25, 0.3) is 0 Å². The molecule has 0 amide bonds. The summed E-state index contributed by atoms with van der Waals surface area (Å²) in [5, 5.41) is 9.41. The zero-order valence-corrected chi connectivity index (χ0v) is 10.0. The summed E-state index contributed by atoms with van der Waals surface area (Å²) in [5.74, 6) is 1.48. The van der Waals surface area contributed by atoms with Gasteiger partial charge in [-0.2, -0.15) is 0 Å². The van der Waals surface area contributed by atoms with E-state index in [2.05, 4.69) is 26.0 Å². The van der Waals surface area contributed by atoms with E-state index >= 15 is 0 Å². The number of benzene rings is 1. The minimum Gasteiger partial charge on any atom is -0.490 e. The number of hydrogen-bond donors (Lipinski definition) is 1. The zero-order chi connectivity index (χ0) is 11.5. The summed E-state index contributed by atoms with van der Waals surface area (Å²) in [6.07, 6.45) is 2.63. The first-order valence-corrected chi connectivity index (χ1v) is 6.10. The van der Waals surface area contributed by atoms with E-state index in [1.165, 1.54) is 5.56 Å². The molecule has 0 heterocycles. The van der Waals surface area contributed by atoms with Gasteiger partial charge in [-0.25, -0.2) is 0 Å². The maximum atomic E-state index is 9.41. The maximum Gasteiger partial charge on any atom is 0.119 e. The molecule has 2 atom stereocenters. The van der Waals surface area contributed by atoms with Crippen LogP contribution in [0.3, 0.4) is 0 Å². The van der Waals surface area contributed by atoms with Gasteiger partial charge in [-0.3, -0.25) is 0 Å². The molecule has 2 nitrogen and oxygen atoms in total. The Labute approximate surface area is 97.3 Å². The maximum absolute atomic E-state index is 9.41. The molecule has 1 aliphatic carbocycles. The molecule has 1 saturated carbocycles. The first kappa shape index (κ1) is 11.5. The van der Waals surface area contributed by atoms with Crippen molar-refractivity contribution in [3.8, 4) is 5.75 Å². The van der Waals surface area contributed by atoms with E-state index < -0.39 is 0 Å². The van der Waals surface area contributed by atoms with Gasteiger partial charge >= 0.3 is 0 Å². The number of aliphatic hydroxyl groups excluding tert-OH is 1. The van der Waals surface area contributed by atoms with Crippen LogP contribution in [0, 0.1) is 0 Å². The lowest BCUT2D eigenvalue weighted by atomic mass is 10.0. The van der Waals surface area contributed by atoms with Crippen LogP contribution >= 0.6 is 0 Å². The monoisotopic (exact) mass is 220 g/mol. The summed E-state index contributed by atoms with van der Waals surface area (Å²) in [4.78, 5) is 0. The van der Waals surface area contributed by atoms with Crippen molar-refractivity contribution in [1.82, 2.24) is 0 Å². The molecule has 0 radical (unpaired) electrons. The van der Waals surface area contributed by atoms with Gasteiger partial charge in [-0.05, 0) is 36.5 Å². The lowest BCUT2D eigenvalue weighted by Crippen LogP contribution is -2.13. The standard InChI is InChI=1S/C14H20O2/c1-10(2)11-3-6-13(7-4-11)16-14-8-5-12(15)9-14/h3-4,6-7,10,12,14-15H,5,8-9H2,1-2H3. The number of aliphatic hydroxyl groups is 1. The minimum absolute atomic E-state index is 0.167. The predicted molar refractivity (Wildman–Crippen MR) is 64.8 cm³/mol. The third-order valence-corrected chi connectivity index (χ3v) is 3.21. The van der Waals surface area contributed by atoms with E-state index in [-0.39, 0.29) is 12.2 Å².